The van der Waals surface area contributed by atoms with Gasteiger partial charge in [-0.1, -0.05) is 0 Å². The predicted octanol–water partition coefficient (Wildman–Crippen LogP) is 1.37. The molecular weight excluding hydrogens is 266 g/mol. The van der Waals surface area contributed by atoms with Gasteiger partial charge in [0.05, 0.1) is 12.5 Å². The summed E-state index contributed by atoms with van der Waals surface area (Å²) in [5, 5.41) is 4.94. The first-order valence-electron chi connectivity index (χ1n) is 5.40. The van der Waals surface area contributed by atoms with E-state index in [2.05, 4.69) is 24.8 Å². The summed E-state index contributed by atoms with van der Waals surface area (Å²) in [6, 6.07) is 1.98. The van der Waals surface area contributed by atoms with E-state index in [0.29, 0.717) is 5.82 Å². The lowest BCUT2D eigenvalue weighted by molar-refractivity contribution is 0.0587. The summed E-state index contributed by atoms with van der Waals surface area (Å²) >= 11 is 1.57. The van der Waals surface area contributed by atoms with Crippen molar-refractivity contribution in [3.63, 3.8) is 0 Å². The summed E-state index contributed by atoms with van der Waals surface area (Å²) in [5.41, 5.74) is 0. The van der Waals surface area contributed by atoms with Gasteiger partial charge in [-0.3, -0.25) is 0 Å². The molecule has 96 valence electrons. The number of aromatic nitrogens is 5. The molecular formula is C11H9N5O2S. The summed E-state index contributed by atoms with van der Waals surface area (Å²) < 4.78 is 6.02. The monoisotopic (exact) mass is 275 g/mol. The summed E-state index contributed by atoms with van der Waals surface area (Å²) in [4.78, 5) is 25.6. The van der Waals surface area contributed by atoms with Crippen LogP contribution in [0.2, 0.25) is 0 Å². The molecule has 0 radical (unpaired) electrons. The molecule has 0 aromatic carbocycles. The van der Waals surface area contributed by atoms with Crippen LogP contribution in [-0.4, -0.2) is 37.8 Å². The Balaban J connectivity index is 2.13. The van der Waals surface area contributed by atoms with E-state index in [1.807, 2.05) is 13.0 Å². The molecule has 3 aromatic rings. The van der Waals surface area contributed by atoms with Gasteiger partial charge in [0.15, 0.2) is 5.82 Å². The van der Waals surface area contributed by atoms with Crippen molar-refractivity contribution < 1.29 is 9.53 Å². The van der Waals surface area contributed by atoms with Crippen molar-refractivity contribution in [2.45, 2.75) is 6.92 Å². The van der Waals surface area contributed by atoms with Gasteiger partial charge in [0.25, 0.3) is 5.82 Å². The van der Waals surface area contributed by atoms with E-state index in [9.17, 15) is 4.79 Å². The van der Waals surface area contributed by atoms with E-state index < -0.39 is 5.97 Å². The fraction of sp³-hybridized carbons (Fsp3) is 0.182. The van der Waals surface area contributed by atoms with Crippen molar-refractivity contribution >= 4 is 27.5 Å². The second-order valence-corrected chi connectivity index (χ2v) is 5.01. The highest BCUT2D eigenvalue weighted by Crippen LogP contribution is 2.26. The van der Waals surface area contributed by atoms with E-state index in [1.165, 1.54) is 24.4 Å². The van der Waals surface area contributed by atoms with Gasteiger partial charge >= 0.3 is 5.97 Å². The highest BCUT2D eigenvalue weighted by molar-refractivity contribution is 7.18. The van der Waals surface area contributed by atoms with Gasteiger partial charge in [0.1, 0.15) is 17.5 Å². The predicted molar refractivity (Wildman–Crippen MR) is 68.4 cm³/mol. The third-order valence-electron chi connectivity index (χ3n) is 2.51. The maximum atomic E-state index is 11.3. The molecule has 8 heteroatoms. The molecule has 0 fully saturated rings. The molecule has 0 atom stereocenters. The lowest BCUT2D eigenvalue weighted by atomic mass is 10.3. The van der Waals surface area contributed by atoms with Gasteiger partial charge in [-0.05, 0) is 13.0 Å². The molecule has 0 amide bonds. The lowest BCUT2D eigenvalue weighted by Crippen LogP contribution is -2.06. The molecule has 0 aliphatic heterocycles. The van der Waals surface area contributed by atoms with Crippen LogP contribution in [0.4, 0.5) is 0 Å². The number of rotatable bonds is 2. The van der Waals surface area contributed by atoms with Gasteiger partial charge in [-0.25, -0.2) is 24.4 Å². The third-order valence-corrected chi connectivity index (χ3v) is 3.47. The van der Waals surface area contributed by atoms with Crippen LogP contribution in [0.5, 0.6) is 0 Å². The van der Waals surface area contributed by atoms with Crippen molar-refractivity contribution in [3.8, 4) is 5.82 Å². The summed E-state index contributed by atoms with van der Waals surface area (Å²) in [5.74, 6) is 0.0174. The number of hydrogen-bond acceptors (Lipinski definition) is 7. The van der Waals surface area contributed by atoms with Crippen LogP contribution in [0.1, 0.15) is 15.5 Å². The summed E-state index contributed by atoms with van der Waals surface area (Å²) in [6.07, 6.45) is 2.90. The largest absolute Gasteiger partial charge is 0.463 e. The van der Waals surface area contributed by atoms with Crippen molar-refractivity contribution in [1.82, 2.24) is 24.7 Å². The first-order chi connectivity index (χ1) is 9.19. The van der Waals surface area contributed by atoms with Crippen molar-refractivity contribution in [1.29, 1.82) is 0 Å². The molecule has 0 saturated carbocycles. The number of hydrogen-bond donors (Lipinski definition) is 0. The van der Waals surface area contributed by atoms with Crippen LogP contribution in [0.25, 0.3) is 16.0 Å². The lowest BCUT2D eigenvalue weighted by Gasteiger charge is -1.99. The zero-order chi connectivity index (χ0) is 13.4. The van der Waals surface area contributed by atoms with Crippen LogP contribution in [0, 0.1) is 6.92 Å². The minimum absolute atomic E-state index is 0.00112. The molecule has 3 heterocycles. The minimum atomic E-state index is -0.578. The molecule has 0 aliphatic carbocycles. The molecule has 3 rings (SSSR count). The number of nitrogens with zero attached hydrogens (tertiary/aromatic N) is 5. The van der Waals surface area contributed by atoms with Crippen LogP contribution in [0.15, 0.2) is 18.7 Å². The Morgan fingerprint density at radius 3 is 3.00 bits per heavy atom. The summed E-state index contributed by atoms with van der Waals surface area (Å²) in [7, 11) is 1.29. The fourth-order valence-electron chi connectivity index (χ4n) is 1.70. The average Bonchev–Trinajstić information content (AvgIpc) is 3.02. The van der Waals surface area contributed by atoms with Crippen LogP contribution < -0.4 is 0 Å². The SMILES string of the molecule is COC(=O)c1ncn(-c2ncnc3sc(C)cc23)n1. The van der Waals surface area contributed by atoms with Gasteiger partial charge in [-0.15, -0.1) is 16.4 Å². The zero-order valence-electron chi connectivity index (χ0n) is 10.2. The fourth-order valence-corrected chi connectivity index (χ4v) is 2.54. The number of thiophene rings is 1. The smallest absolute Gasteiger partial charge is 0.377 e. The first kappa shape index (κ1) is 11.7. The number of carbonyl (C=O) groups excluding carboxylic acids is 1. The molecule has 7 nitrogen and oxygen atoms in total. The number of fused-ring (bicyclic) bond motifs is 1. The average molecular weight is 275 g/mol. The second-order valence-electron chi connectivity index (χ2n) is 3.78. The topological polar surface area (TPSA) is 82.8 Å². The van der Waals surface area contributed by atoms with Crippen LogP contribution in [-0.2, 0) is 4.74 Å². The van der Waals surface area contributed by atoms with E-state index in [1.54, 1.807) is 11.3 Å². The Hall–Kier alpha value is -2.35. The van der Waals surface area contributed by atoms with E-state index in [-0.39, 0.29) is 5.82 Å². The maximum absolute atomic E-state index is 11.3. The molecule has 0 saturated heterocycles. The van der Waals surface area contributed by atoms with E-state index in [0.717, 1.165) is 15.1 Å². The Bertz CT molecular complexity index is 763. The Kier molecular flexibility index (Phi) is 2.71. The van der Waals surface area contributed by atoms with Crippen LogP contribution in [0.3, 0.4) is 0 Å². The molecule has 3 aromatic heterocycles. The number of ether oxygens (including phenoxy) is 1. The minimum Gasteiger partial charge on any atom is -0.463 e. The highest BCUT2D eigenvalue weighted by atomic mass is 32.1. The number of esters is 1. The first-order valence-corrected chi connectivity index (χ1v) is 6.22. The number of aryl methyl sites for hydroxylation is 1. The molecule has 0 aliphatic rings. The quantitative estimate of drug-likeness (QED) is 0.657. The van der Waals surface area contributed by atoms with Gasteiger partial charge in [0, 0.05) is 4.88 Å². The standard InChI is InChI=1S/C11H9N5O2S/c1-6-3-7-9(12-4-13-10(7)19-6)16-5-14-8(15-16)11(17)18-2/h3-5H,1-2H3. The van der Waals surface area contributed by atoms with Crippen molar-refractivity contribution in [2.75, 3.05) is 7.11 Å². The molecule has 0 N–H and O–H groups in total. The molecule has 19 heavy (non-hydrogen) atoms. The third kappa shape index (κ3) is 1.95. The second kappa shape index (κ2) is 4.39. The molecule has 0 bridgehead atoms. The number of methoxy groups -OCH3 is 1. The zero-order valence-corrected chi connectivity index (χ0v) is 11.0. The van der Waals surface area contributed by atoms with Crippen molar-refractivity contribution in [3.05, 3.63) is 29.4 Å². The highest BCUT2D eigenvalue weighted by Gasteiger charge is 2.15. The van der Waals surface area contributed by atoms with Gasteiger partial charge < -0.3 is 4.74 Å². The molecule has 0 spiro atoms. The van der Waals surface area contributed by atoms with Gasteiger partial charge in [-0.2, -0.15) is 0 Å². The Morgan fingerprint density at radius 1 is 1.37 bits per heavy atom. The summed E-state index contributed by atoms with van der Waals surface area (Å²) in [6.45, 7) is 2.00. The Morgan fingerprint density at radius 2 is 2.21 bits per heavy atom. The van der Waals surface area contributed by atoms with Crippen LogP contribution >= 0.6 is 11.3 Å². The maximum Gasteiger partial charge on any atom is 0.377 e. The van der Waals surface area contributed by atoms with Gasteiger partial charge in [0.2, 0.25) is 0 Å². The normalized spacial score (nSPS) is 10.8. The Labute approximate surface area is 111 Å². The van der Waals surface area contributed by atoms with Crippen molar-refractivity contribution in [2.24, 2.45) is 0 Å². The van der Waals surface area contributed by atoms with E-state index >= 15 is 0 Å². The molecule has 0 unspecified atom stereocenters. The van der Waals surface area contributed by atoms with E-state index in [4.69, 9.17) is 0 Å². The number of carbonyl (C=O) groups is 1.